The predicted octanol–water partition coefficient (Wildman–Crippen LogP) is 3.12. The highest BCUT2D eigenvalue weighted by molar-refractivity contribution is 8.88. The number of hydrogen-bond acceptors (Lipinski definition) is 4. The van der Waals surface area contributed by atoms with Crippen LogP contribution in [0.2, 0.25) is 0 Å². The monoisotopic (exact) mass is 310 g/mol. The molecule has 98 valence electrons. The van der Waals surface area contributed by atoms with Gasteiger partial charge in [-0.1, -0.05) is 35.6 Å². The van der Waals surface area contributed by atoms with Crippen molar-refractivity contribution in [2.75, 3.05) is 20.2 Å². The van der Waals surface area contributed by atoms with Crippen molar-refractivity contribution in [2.45, 2.75) is 36.2 Å². The van der Waals surface area contributed by atoms with E-state index in [0.29, 0.717) is 5.11 Å². The molecule has 0 unspecified atom stereocenters. The Balaban J connectivity index is 1.59. The molecular formula is C10H19N2OPS3. The van der Waals surface area contributed by atoms with E-state index in [2.05, 4.69) is 33.4 Å². The lowest BCUT2D eigenvalue weighted by atomic mass is 10.00. The average molecular weight is 310 g/mol. The van der Waals surface area contributed by atoms with E-state index in [-0.39, 0.29) is 6.55 Å². The van der Waals surface area contributed by atoms with E-state index < -0.39 is 0 Å². The lowest BCUT2D eigenvalue weighted by Gasteiger charge is -2.21. The van der Waals surface area contributed by atoms with Gasteiger partial charge in [-0.3, -0.25) is 0 Å². The van der Waals surface area contributed by atoms with Crippen LogP contribution in [-0.2, 0) is 4.52 Å². The fourth-order valence-corrected chi connectivity index (χ4v) is 11.1. The smallest absolute Gasteiger partial charge is 0.166 e. The molecule has 1 aliphatic carbocycles. The lowest BCUT2D eigenvalue weighted by Crippen LogP contribution is -2.34. The van der Waals surface area contributed by atoms with Crippen LogP contribution in [0.3, 0.4) is 0 Å². The van der Waals surface area contributed by atoms with Crippen LogP contribution in [-0.4, -0.2) is 35.8 Å². The molecule has 0 radical (unpaired) electrons. The summed E-state index contributed by atoms with van der Waals surface area (Å²) in [5.41, 5.74) is 0. The molecule has 2 atom stereocenters. The Morgan fingerprint density at radius 3 is 2.59 bits per heavy atom. The van der Waals surface area contributed by atoms with E-state index >= 15 is 0 Å². The van der Waals surface area contributed by atoms with Gasteiger partial charge in [-0.2, -0.15) is 0 Å². The summed E-state index contributed by atoms with van der Waals surface area (Å²) in [6.07, 6.45) is 5.62. The second-order valence-corrected chi connectivity index (χ2v) is 10.8. The van der Waals surface area contributed by atoms with Gasteiger partial charge in [-0.15, -0.1) is 0 Å². The third-order valence-electron chi connectivity index (χ3n) is 2.90. The minimum Gasteiger partial charge on any atom is -0.366 e. The first-order valence-corrected chi connectivity index (χ1v) is 10.7. The molecule has 7 heteroatoms. The van der Waals surface area contributed by atoms with Gasteiger partial charge in [0.1, 0.15) is 0 Å². The van der Waals surface area contributed by atoms with Crippen molar-refractivity contribution < 1.29 is 4.52 Å². The summed E-state index contributed by atoms with van der Waals surface area (Å²) >= 11 is 9.18. The molecule has 0 aromatic heterocycles. The van der Waals surface area contributed by atoms with Crippen molar-refractivity contribution in [3.05, 3.63) is 0 Å². The molecule has 1 saturated heterocycles. The Morgan fingerprint density at radius 2 is 2.00 bits per heavy atom. The van der Waals surface area contributed by atoms with Gasteiger partial charge in [0.25, 0.3) is 0 Å². The van der Waals surface area contributed by atoms with Crippen molar-refractivity contribution in [3.8, 4) is 0 Å². The molecule has 2 rings (SSSR count). The Morgan fingerprint density at radius 1 is 1.35 bits per heavy atom. The molecule has 0 aromatic rings. The molecule has 1 aliphatic heterocycles. The minimum absolute atomic E-state index is 0.301. The third-order valence-corrected chi connectivity index (χ3v) is 10.7. The van der Waals surface area contributed by atoms with Crippen LogP contribution in [0.5, 0.6) is 0 Å². The van der Waals surface area contributed by atoms with Crippen LogP contribution in [0.15, 0.2) is 0 Å². The maximum atomic E-state index is 5.93. The molecule has 0 spiro atoms. The van der Waals surface area contributed by atoms with E-state index in [9.17, 15) is 0 Å². The first-order chi connectivity index (χ1) is 8.29. The number of thiocarbonyl (C=S) groups is 1. The molecule has 3 nitrogen and oxygen atoms in total. The van der Waals surface area contributed by atoms with E-state index in [4.69, 9.17) is 16.7 Å². The SMILES string of the molecule is CNC(=S)NCCOP1S[C@@H]2CCCC[C@H]2S1. The fraction of sp³-hybridized carbons (Fsp3) is 0.900. The number of nitrogens with one attached hydrogen (secondary N) is 2. The molecule has 0 amide bonds. The molecule has 2 aliphatic rings. The van der Waals surface area contributed by atoms with Gasteiger partial charge in [0, 0.05) is 24.1 Å². The van der Waals surface area contributed by atoms with E-state index in [0.717, 1.165) is 23.7 Å². The number of fused-ring (bicyclic) bond motifs is 1. The predicted molar refractivity (Wildman–Crippen MR) is 83.8 cm³/mol. The first kappa shape index (κ1) is 14.2. The van der Waals surface area contributed by atoms with Gasteiger partial charge in [-0.25, -0.2) is 0 Å². The topological polar surface area (TPSA) is 33.3 Å². The summed E-state index contributed by atoms with van der Waals surface area (Å²) in [7, 11) is 1.83. The third kappa shape index (κ3) is 4.43. The van der Waals surface area contributed by atoms with Crippen LogP contribution in [0, 0.1) is 0 Å². The quantitative estimate of drug-likeness (QED) is 0.472. The zero-order valence-corrected chi connectivity index (χ0v) is 13.3. The van der Waals surface area contributed by atoms with Gasteiger partial charge >= 0.3 is 0 Å². The summed E-state index contributed by atoms with van der Waals surface area (Å²) in [6.45, 7) is 1.26. The lowest BCUT2D eigenvalue weighted by molar-refractivity contribution is 0.372. The highest BCUT2D eigenvalue weighted by Gasteiger charge is 2.38. The Labute approximate surface area is 118 Å². The number of hydrogen-bond donors (Lipinski definition) is 2. The van der Waals surface area contributed by atoms with Crippen molar-refractivity contribution >= 4 is 46.6 Å². The molecule has 0 aromatic carbocycles. The molecular weight excluding hydrogens is 291 g/mol. The van der Waals surface area contributed by atoms with Crippen LogP contribution < -0.4 is 10.6 Å². The number of rotatable bonds is 4. The molecule has 1 saturated carbocycles. The summed E-state index contributed by atoms with van der Waals surface area (Å²) in [5, 5.41) is 8.43. The normalized spacial score (nSPS) is 28.8. The largest absolute Gasteiger partial charge is 0.366 e. The van der Waals surface area contributed by atoms with Crippen molar-refractivity contribution in [3.63, 3.8) is 0 Å². The van der Waals surface area contributed by atoms with E-state index in [1.807, 2.05) is 7.05 Å². The zero-order chi connectivity index (χ0) is 12.1. The molecule has 0 bridgehead atoms. The summed E-state index contributed by atoms with van der Waals surface area (Å²) in [4.78, 5) is 0. The Hall–Kier alpha value is 0.780. The van der Waals surface area contributed by atoms with Crippen molar-refractivity contribution in [1.82, 2.24) is 10.6 Å². The van der Waals surface area contributed by atoms with Gasteiger partial charge in [0.15, 0.2) is 11.7 Å². The van der Waals surface area contributed by atoms with Crippen LogP contribution >= 0.6 is 41.5 Å². The molecule has 2 fully saturated rings. The van der Waals surface area contributed by atoms with Gasteiger partial charge in [0.05, 0.1) is 6.61 Å². The van der Waals surface area contributed by atoms with Crippen molar-refractivity contribution in [2.24, 2.45) is 0 Å². The van der Waals surface area contributed by atoms with E-state index in [1.165, 1.54) is 25.7 Å². The van der Waals surface area contributed by atoms with Crippen LogP contribution in [0.25, 0.3) is 0 Å². The summed E-state index contributed by atoms with van der Waals surface area (Å²) in [5.74, 6) is 0. The second-order valence-electron chi connectivity index (χ2n) is 4.13. The van der Waals surface area contributed by atoms with Crippen molar-refractivity contribution in [1.29, 1.82) is 0 Å². The molecule has 1 heterocycles. The fourth-order valence-electron chi connectivity index (χ4n) is 1.98. The first-order valence-electron chi connectivity index (χ1n) is 6.02. The standard InChI is InChI=1S/C10H19N2OPS3/c1-11-10(15)12-6-7-13-14-16-8-4-2-3-5-9(8)17-14/h8-9H,2-7H2,1H3,(H2,11,12,15)/t8-,9-/m1/s1. The molecule has 17 heavy (non-hydrogen) atoms. The Kier molecular flexibility index (Phi) is 6.17. The van der Waals surface area contributed by atoms with Gasteiger partial charge < -0.3 is 15.2 Å². The maximum absolute atomic E-state index is 5.93. The highest BCUT2D eigenvalue weighted by Crippen LogP contribution is 2.73. The minimum atomic E-state index is -0.301. The van der Waals surface area contributed by atoms with Crippen LogP contribution in [0.4, 0.5) is 0 Å². The zero-order valence-electron chi connectivity index (χ0n) is 9.98. The molecule has 2 N–H and O–H groups in total. The second kappa shape index (κ2) is 7.39. The summed E-state index contributed by atoms with van der Waals surface area (Å²) in [6, 6.07) is 0. The maximum Gasteiger partial charge on any atom is 0.166 e. The van der Waals surface area contributed by atoms with E-state index in [1.54, 1.807) is 0 Å². The highest BCUT2D eigenvalue weighted by atomic mass is 33.1. The summed E-state index contributed by atoms with van der Waals surface area (Å²) < 4.78 is 5.93. The van der Waals surface area contributed by atoms with Crippen LogP contribution in [0.1, 0.15) is 25.7 Å². The van der Waals surface area contributed by atoms with Gasteiger partial charge in [0.2, 0.25) is 0 Å². The van der Waals surface area contributed by atoms with Gasteiger partial charge in [-0.05, 0) is 25.1 Å². The average Bonchev–Trinajstić information content (AvgIpc) is 2.76. The Bertz CT molecular complexity index is 256.